The summed E-state index contributed by atoms with van der Waals surface area (Å²) < 4.78 is 27.2. The number of esters is 1. The maximum absolute atomic E-state index is 15.4. The molecule has 4 aromatic rings. The molecule has 0 radical (unpaired) electrons. The van der Waals surface area contributed by atoms with Gasteiger partial charge in [-0.15, -0.1) is 11.8 Å². The number of hydrogen-bond donors (Lipinski definition) is 7. The third-order valence-electron chi connectivity index (χ3n) is 12.8. The zero-order chi connectivity index (χ0) is 50.6. The van der Waals surface area contributed by atoms with Gasteiger partial charge in [-0.1, -0.05) is 19.1 Å². The Morgan fingerprint density at radius 2 is 1.61 bits per heavy atom. The minimum absolute atomic E-state index is 0.00303. The summed E-state index contributed by atoms with van der Waals surface area (Å²) in [6.07, 6.45) is 0.999. The number of nitrogens with one attached hydrogen (secondary N) is 6. The molecule has 1 aliphatic carbocycles. The average molecular weight is 985 g/mol. The van der Waals surface area contributed by atoms with E-state index in [1.807, 2.05) is 0 Å². The van der Waals surface area contributed by atoms with Gasteiger partial charge in [0.05, 0.1) is 59.7 Å². The second-order valence-electron chi connectivity index (χ2n) is 17.6. The number of carbonyl (C=O) groups is 7. The van der Waals surface area contributed by atoms with Crippen LogP contribution in [-0.2, 0) is 74.6 Å². The lowest BCUT2D eigenvalue weighted by Crippen LogP contribution is -2.54. The normalized spacial score (nSPS) is 17.7. The summed E-state index contributed by atoms with van der Waals surface area (Å²) in [4.78, 5) is 108. The Bertz CT molecular complexity index is 2840. The fourth-order valence-electron chi connectivity index (χ4n) is 8.95. The molecule has 21 heteroatoms. The summed E-state index contributed by atoms with van der Waals surface area (Å²) >= 11 is 1.13. The molecule has 3 aliphatic rings. The van der Waals surface area contributed by atoms with Crippen LogP contribution in [0.5, 0.6) is 0 Å². The smallest absolute Gasteiger partial charge is 0.343 e. The Labute approximate surface area is 406 Å². The lowest BCUT2D eigenvalue weighted by molar-refractivity contribution is -0.172. The highest BCUT2D eigenvalue weighted by atomic mass is 32.2. The number of benzene rings is 2. The third-order valence-corrected chi connectivity index (χ3v) is 13.7. The minimum atomic E-state index is -2.02. The van der Waals surface area contributed by atoms with Crippen LogP contribution >= 0.6 is 11.8 Å². The molecule has 0 saturated heterocycles. The number of fused-ring (bicyclic) bond motifs is 5. The van der Waals surface area contributed by atoms with Gasteiger partial charge in [-0.2, -0.15) is 0 Å². The van der Waals surface area contributed by atoms with E-state index < -0.39 is 64.8 Å². The van der Waals surface area contributed by atoms with Crippen LogP contribution in [0.3, 0.4) is 0 Å². The van der Waals surface area contributed by atoms with Crippen LogP contribution in [0.1, 0.15) is 98.9 Å². The summed E-state index contributed by atoms with van der Waals surface area (Å²) in [6.45, 7) is 10.1. The molecule has 0 spiro atoms. The van der Waals surface area contributed by atoms with E-state index in [2.05, 4.69) is 31.9 Å². The molecular weight excluding hydrogens is 928 g/mol. The Morgan fingerprint density at radius 1 is 0.929 bits per heavy atom. The van der Waals surface area contributed by atoms with Crippen LogP contribution in [0.4, 0.5) is 10.1 Å². The van der Waals surface area contributed by atoms with E-state index in [0.29, 0.717) is 58.7 Å². The number of halogens is 1. The summed E-state index contributed by atoms with van der Waals surface area (Å²) in [5.74, 6) is -3.89. The monoisotopic (exact) mass is 984 g/mol. The largest absolute Gasteiger partial charge is 0.458 e. The van der Waals surface area contributed by atoms with Crippen molar-refractivity contribution in [1.82, 2.24) is 36.1 Å². The van der Waals surface area contributed by atoms with Crippen LogP contribution < -0.4 is 37.5 Å². The van der Waals surface area contributed by atoms with Gasteiger partial charge in [0, 0.05) is 41.3 Å². The molecule has 2 aromatic heterocycles. The number of aryl methyl sites for hydroxylation is 1. The van der Waals surface area contributed by atoms with E-state index in [-0.39, 0.29) is 79.5 Å². The van der Waals surface area contributed by atoms with Crippen molar-refractivity contribution < 1.29 is 52.5 Å². The molecule has 0 fully saturated rings. The van der Waals surface area contributed by atoms with Crippen molar-refractivity contribution in [2.75, 3.05) is 30.2 Å². The van der Waals surface area contributed by atoms with Gasteiger partial charge >= 0.3 is 5.97 Å². The first kappa shape index (κ1) is 51.1. The van der Waals surface area contributed by atoms with Crippen molar-refractivity contribution >= 4 is 69.8 Å². The SMILES string of the molecule is CCOCCC(=O)N[C@@H](C)C(=O)N[C@H](C)C(=O)N[C@@H](C)C(=O)NCSCC(=O)Nc1ccc(CC(=O)N[C@H]2CCc3c(C)c(F)cc4nc5c(c2c34)Cn2c-5cc3c(c2=O)COC(=O)[C@]3(O)CC)cc1. The Hall–Kier alpha value is -6.71. The number of hydrogen-bond acceptors (Lipinski definition) is 13. The standard InChI is InChI=1S/C49H57FN8O11S/c1-7-49(67)33-18-37-43-31(20-58(37)47(65)32(33)21-69-48(49)66)42-35(14-13-30-24(3)34(50)19-36(57-43)41(30)42)56-39(60)17-28-9-11-29(12-10-28)55-40(61)22-70-23-51-44(62)25(4)53-46(64)27(6)54-45(63)26(5)52-38(59)15-16-68-8-2/h9-12,18-19,25-27,35,67H,7-8,13-17,20-23H2,1-6H3,(H,51,62)(H,52,59)(H,53,64)(H,54,63)(H,55,61)(H,56,60)/t25-,26-,27+,35-,49-/m0/s1. The molecule has 4 heterocycles. The van der Waals surface area contributed by atoms with E-state index in [0.717, 1.165) is 28.3 Å². The number of pyridine rings is 2. The predicted molar refractivity (Wildman–Crippen MR) is 257 cm³/mol. The van der Waals surface area contributed by atoms with Crippen LogP contribution in [-0.4, -0.2) is 99.0 Å². The van der Waals surface area contributed by atoms with Crippen LogP contribution in [0.15, 0.2) is 41.2 Å². The quantitative estimate of drug-likeness (QED) is 0.0357. The zero-order valence-electron chi connectivity index (χ0n) is 39.8. The minimum Gasteiger partial charge on any atom is -0.458 e. The molecule has 5 atom stereocenters. The number of anilines is 1. The van der Waals surface area contributed by atoms with Crippen molar-refractivity contribution in [2.45, 2.75) is 117 Å². The fraction of sp³-hybridized carbons (Fsp3) is 0.449. The van der Waals surface area contributed by atoms with Crippen LogP contribution in [0.25, 0.3) is 22.3 Å². The summed E-state index contributed by atoms with van der Waals surface area (Å²) in [5, 5.41) is 28.3. The molecule has 2 aliphatic heterocycles. The molecule has 19 nitrogen and oxygen atoms in total. The van der Waals surface area contributed by atoms with Gasteiger partial charge in [0.25, 0.3) is 5.56 Å². The number of aromatic nitrogens is 2. The number of thioether (sulfide) groups is 1. The number of cyclic esters (lactones) is 1. The van der Waals surface area contributed by atoms with Crippen LogP contribution in [0, 0.1) is 12.7 Å². The Morgan fingerprint density at radius 3 is 2.30 bits per heavy atom. The van der Waals surface area contributed by atoms with Crippen LogP contribution in [0.2, 0.25) is 0 Å². The molecule has 0 saturated carbocycles. The number of carbonyl (C=O) groups excluding carboxylic acids is 7. The molecule has 7 N–H and O–H groups in total. The van der Waals surface area contributed by atoms with Gasteiger partial charge in [0.15, 0.2) is 5.60 Å². The number of aliphatic hydroxyl groups is 1. The first-order valence-corrected chi connectivity index (χ1v) is 24.3. The highest BCUT2D eigenvalue weighted by Gasteiger charge is 2.46. The van der Waals surface area contributed by atoms with E-state index in [9.17, 15) is 43.5 Å². The highest BCUT2D eigenvalue weighted by molar-refractivity contribution is 7.99. The topological polar surface area (TPSA) is 265 Å². The number of ether oxygens (including phenoxy) is 2. The van der Waals surface area contributed by atoms with Crippen molar-refractivity contribution in [2.24, 2.45) is 0 Å². The molecule has 6 amide bonds. The Balaban J connectivity index is 0.906. The number of nitrogens with zero attached hydrogens (tertiary/aromatic N) is 2. The predicted octanol–water partition coefficient (Wildman–Crippen LogP) is 2.56. The molecule has 70 heavy (non-hydrogen) atoms. The first-order chi connectivity index (χ1) is 33.3. The number of rotatable bonds is 19. The van der Waals surface area contributed by atoms with E-state index in [4.69, 9.17) is 14.5 Å². The van der Waals surface area contributed by atoms with Gasteiger partial charge in [-0.3, -0.25) is 33.6 Å². The molecule has 0 unspecified atom stereocenters. The van der Waals surface area contributed by atoms with Gasteiger partial charge in [0.1, 0.15) is 30.5 Å². The lowest BCUT2D eigenvalue weighted by atomic mass is 9.81. The molecule has 7 rings (SSSR count). The lowest BCUT2D eigenvalue weighted by Gasteiger charge is -2.31. The van der Waals surface area contributed by atoms with Crippen molar-refractivity contribution in [1.29, 1.82) is 0 Å². The number of amides is 6. The summed E-state index contributed by atoms with van der Waals surface area (Å²) in [5.41, 5.74) is 2.89. The highest BCUT2D eigenvalue weighted by Crippen LogP contribution is 2.46. The summed E-state index contributed by atoms with van der Waals surface area (Å²) in [7, 11) is 0. The third kappa shape index (κ3) is 10.7. The van der Waals surface area contributed by atoms with E-state index >= 15 is 4.39 Å². The van der Waals surface area contributed by atoms with Crippen molar-refractivity contribution in [3.05, 3.63) is 91.5 Å². The van der Waals surface area contributed by atoms with Gasteiger partial charge in [0.2, 0.25) is 35.4 Å². The fourth-order valence-corrected chi connectivity index (χ4v) is 9.55. The zero-order valence-corrected chi connectivity index (χ0v) is 40.6. The first-order valence-electron chi connectivity index (χ1n) is 23.2. The molecule has 2 aromatic carbocycles. The average Bonchev–Trinajstić information content (AvgIpc) is 3.70. The second kappa shape index (κ2) is 21.5. The second-order valence-corrected chi connectivity index (χ2v) is 18.6. The summed E-state index contributed by atoms with van der Waals surface area (Å²) in [6, 6.07) is 6.38. The van der Waals surface area contributed by atoms with Crippen molar-refractivity contribution in [3.63, 3.8) is 0 Å². The molecule has 0 bridgehead atoms. The molecule has 372 valence electrons. The van der Waals surface area contributed by atoms with E-state index in [1.165, 1.54) is 31.4 Å². The van der Waals surface area contributed by atoms with Gasteiger partial charge in [-0.05, 0) is 94.3 Å². The van der Waals surface area contributed by atoms with E-state index in [1.54, 1.807) is 51.1 Å². The maximum atomic E-state index is 15.4. The Kier molecular flexibility index (Phi) is 15.7. The van der Waals surface area contributed by atoms with Gasteiger partial charge < -0.3 is 51.0 Å². The maximum Gasteiger partial charge on any atom is 0.343 e. The van der Waals surface area contributed by atoms with Gasteiger partial charge in [-0.25, -0.2) is 14.2 Å². The molecular formula is C49H57FN8O11S. The van der Waals surface area contributed by atoms with Crippen molar-refractivity contribution in [3.8, 4) is 11.4 Å².